The molecule has 0 fully saturated rings. The highest BCUT2D eigenvalue weighted by Gasteiger charge is 2.33. The van der Waals surface area contributed by atoms with E-state index in [1.165, 1.54) is 0 Å². The van der Waals surface area contributed by atoms with Gasteiger partial charge < -0.3 is 10.8 Å². The molecule has 1 aromatic carbocycles. The topological polar surface area (TPSA) is 106 Å². The summed E-state index contributed by atoms with van der Waals surface area (Å²) in [6.07, 6.45) is -5.14. The van der Waals surface area contributed by atoms with Crippen molar-refractivity contribution in [3.63, 3.8) is 0 Å². The molecule has 0 radical (unpaired) electrons. The van der Waals surface area contributed by atoms with E-state index in [2.05, 4.69) is 0 Å². The van der Waals surface area contributed by atoms with Gasteiger partial charge in [-0.15, -0.1) is 0 Å². The Morgan fingerprint density at radius 2 is 2.05 bits per heavy atom. The van der Waals surface area contributed by atoms with Gasteiger partial charge in [0.05, 0.1) is 10.5 Å². The Bertz CT molecular complexity index is 516. The molecule has 0 aromatic heterocycles. The fourth-order valence-corrected chi connectivity index (χ4v) is 1.41. The number of benzene rings is 1. The zero-order valence-electron chi connectivity index (χ0n) is 9.35. The summed E-state index contributed by atoms with van der Waals surface area (Å²) < 4.78 is 37.2. The predicted molar refractivity (Wildman–Crippen MR) is 57.4 cm³/mol. The largest absolute Gasteiger partial charge is 0.480 e. The molecular weight excluding hydrogens is 269 g/mol. The second-order valence-electron chi connectivity index (χ2n) is 3.75. The van der Waals surface area contributed by atoms with Crippen LogP contribution in [0.1, 0.15) is 11.1 Å². The maximum Gasteiger partial charge on any atom is 0.416 e. The highest BCUT2D eigenvalue weighted by atomic mass is 19.4. The summed E-state index contributed by atoms with van der Waals surface area (Å²) in [6.45, 7) is 0. The molecular formula is C10H9F3N2O4. The van der Waals surface area contributed by atoms with E-state index >= 15 is 0 Å². The van der Waals surface area contributed by atoms with Crippen LogP contribution in [0.25, 0.3) is 0 Å². The smallest absolute Gasteiger partial charge is 0.416 e. The number of rotatable bonds is 4. The molecule has 3 N–H and O–H groups in total. The van der Waals surface area contributed by atoms with Crippen LogP contribution in [0.4, 0.5) is 18.9 Å². The summed E-state index contributed by atoms with van der Waals surface area (Å²) in [5.74, 6) is -1.39. The van der Waals surface area contributed by atoms with Crippen LogP contribution in [0.2, 0.25) is 0 Å². The highest BCUT2D eigenvalue weighted by Crippen LogP contribution is 2.33. The van der Waals surface area contributed by atoms with Gasteiger partial charge in [-0.05, 0) is 6.07 Å². The summed E-state index contributed by atoms with van der Waals surface area (Å²) in [4.78, 5) is 20.2. The van der Waals surface area contributed by atoms with Crippen molar-refractivity contribution in [3.05, 3.63) is 39.4 Å². The maximum atomic E-state index is 12.4. The third kappa shape index (κ3) is 3.65. The molecule has 1 atom stereocenters. The maximum absolute atomic E-state index is 12.4. The van der Waals surface area contributed by atoms with Crippen LogP contribution in [0, 0.1) is 10.1 Å². The lowest BCUT2D eigenvalue weighted by atomic mass is 10.0. The van der Waals surface area contributed by atoms with Gasteiger partial charge in [0.2, 0.25) is 0 Å². The Balaban J connectivity index is 3.19. The fraction of sp³-hybridized carbons (Fsp3) is 0.300. The molecule has 0 aliphatic heterocycles. The molecule has 104 valence electrons. The number of aliphatic carboxylic acids is 1. The number of hydrogen-bond acceptors (Lipinski definition) is 4. The molecule has 19 heavy (non-hydrogen) atoms. The molecule has 0 aliphatic carbocycles. The van der Waals surface area contributed by atoms with Crippen molar-refractivity contribution >= 4 is 11.7 Å². The normalized spacial score (nSPS) is 13.1. The van der Waals surface area contributed by atoms with E-state index in [9.17, 15) is 28.1 Å². The summed E-state index contributed by atoms with van der Waals surface area (Å²) in [6, 6.07) is 0.459. The Hall–Kier alpha value is -2.16. The van der Waals surface area contributed by atoms with Gasteiger partial charge in [-0.2, -0.15) is 13.2 Å². The Morgan fingerprint density at radius 1 is 1.47 bits per heavy atom. The molecule has 6 nitrogen and oxygen atoms in total. The lowest BCUT2D eigenvalue weighted by Gasteiger charge is -2.10. The predicted octanol–water partition coefficient (Wildman–Crippen LogP) is 1.57. The molecule has 0 bridgehead atoms. The van der Waals surface area contributed by atoms with Crippen LogP contribution in [0.15, 0.2) is 18.2 Å². The van der Waals surface area contributed by atoms with Crippen LogP contribution >= 0.6 is 0 Å². The number of nitrogens with zero attached hydrogens (tertiary/aromatic N) is 1. The Labute approximate surface area is 104 Å². The second-order valence-corrected chi connectivity index (χ2v) is 3.75. The Morgan fingerprint density at radius 3 is 2.47 bits per heavy atom. The van der Waals surface area contributed by atoms with E-state index < -0.39 is 40.8 Å². The van der Waals surface area contributed by atoms with Crippen molar-refractivity contribution in [1.82, 2.24) is 0 Å². The van der Waals surface area contributed by atoms with E-state index in [0.29, 0.717) is 12.1 Å². The van der Waals surface area contributed by atoms with Crippen molar-refractivity contribution in [2.24, 2.45) is 5.73 Å². The summed E-state index contributed by atoms with van der Waals surface area (Å²) >= 11 is 0. The molecule has 0 saturated carbocycles. The van der Waals surface area contributed by atoms with Gasteiger partial charge in [0.1, 0.15) is 6.04 Å². The zero-order valence-corrected chi connectivity index (χ0v) is 9.35. The van der Waals surface area contributed by atoms with E-state index in [1.54, 1.807) is 0 Å². The second kappa shape index (κ2) is 5.22. The minimum absolute atomic E-state index is 0.159. The Kier molecular flexibility index (Phi) is 4.10. The monoisotopic (exact) mass is 278 g/mol. The number of nitro benzene ring substituents is 1. The number of nitrogens with two attached hydrogens (primary N) is 1. The van der Waals surface area contributed by atoms with Gasteiger partial charge in [-0.1, -0.05) is 6.07 Å². The van der Waals surface area contributed by atoms with Gasteiger partial charge >= 0.3 is 12.1 Å². The molecule has 1 rings (SSSR count). The highest BCUT2D eigenvalue weighted by molar-refractivity contribution is 5.73. The number of nitro groups is 1. The van der Waals surface area contributed by atoms with Crippen LogP contribution in [0.5, 0.6) is 0 Å². The van der Waals surface area contributed by atoms with E-state index in [1.807, 2.05) is 0 Å². The SMILES string of the molecule is NC(Cc1ccc(C(F)(F)F)cc1[N+](=O)[O-])C(=O)O. The van der Waals surface area contributed by atoms with Gasteiger partial charge in [-0.3, -0.25) is 14.9 Å². The van der Waals surface area contributed by atoms with Crippen molar-refractivity contribution in [2.75, 3.05) is 0 Å². The molecule has 0 aliphatic rings. The van der Waals surface area contributed by atoms with E-state index in [4.69, 9.17) is 10.8 Å². The molecule has 9 heteroatoms. The van der Waals surface area contributed by atoms with E-state index in [-0.39, 0.29) is 5.56 Å². The van der Waals surface area contributed by atoms with Gasteiger partial charge in [0.25, 0.3) is 5.69 Å². The molecule has 0 heterocycles. The molecule has 0 saturated heterocycles. The summed E-state index contributed by atoms with van der Waals surface area (Å²) in [5, 5.41) is 19.3. The van der Waals surface area contributed by atoms with Crippen molar-refractivity contribution in [1.29, 1.82) is 0 Å². The van der Waals surface area contributed by atoms with Gasteiger partial charge in [-0.25, -0.2) is 0 Å². The van der Waals surface area contributed by atoms with Crippen LogP contribution < -0.4 is 5.73 Å². The first-order valence-corrected chi connectivity index (χ1v) is 4.96. The van der Waals surface area contributed by atoms with Crippen LogP contribution in [-0.2, 0) is 17.4 Å². The minimum Gasteiger partial charge on any atom is -0.480 e. The van der Waals surface area contributed by atoms with Crippen molar-refractivity contribution in [2.45, 2.75) is 18.6 Å². The number of alkyl halides is 3. The summed E-state index contributed by atoms with van der Waals surface area (Å²) in [7, 11) is 0. The fourth-order valence-electron chi connectivity index (χ4n) is 1.41. The average Bonchev–Trinajstić information content (AvgIpc) is 2.27. The minimum atomic E-state index is -4.71. The number of carboxylic acids is 1. The first-order valence-electron chi connectivity index (χ1n) is 4.96. The number of halogens is 3. The first kappa shape index (κ1) is 14.9. The third-order valence-corrected chi connectivity index (χ3v) is 2.37. The quantitative estimate of drug-likeness (QED) is 0.642. The third-order valence-electron chi connectivity index (χ3n) is 2.37. The molecule has 1 unspecified atom stereocenters. The first-order chi connectivity index (χ1) is 8.62. The standard InChI is InChI=1S/C10H9F3N2O4/c11-10(12,13)6-2-1-5(3-7(14)9(16)17)8(4-6)15(18)19/h1-2,4,7H,3,14H2,(H,16,17). The lowest BCUT2D eigenvalue weighted by molar-refractivity contribution is -0.385. The number of carbonyl (C=O) groups is 1. The van der Waals surface area contributed by atoms with Crippen molar-refractivity contribution < 1.29 is 28.0 Å². The average molecular weight is 278 g/mol. The molecule has 0 spiro atoms. The summed E-state index contributed by atoms with van der Waals surface area (Å²) in [5.41, 5.74) is 3.06. The van der Waals surface area contributed by atoms with E-state index in [0.717, 1.165) is 6.07 Å². The molecule has 0 amide bonds. The zero-order chi connectivity index (χ0) is 14.8. The van der Waals surface area contributed by atoms with Gasteiger partial charge in [0.15, 0.2) is 0 Å². The lowest BCUT2D eigenvalue weighted by Crippen LogP contribution is -2.32. The van der Waals surface area contributed by atoms with Crippen LogP contribution in [0.3, 0.4) is 0 Å². The van der Waals surface area contributed by atoms with Gasteiger partial charge in [0, 0.05) is 18.1 Å². The molecule has 1 aromatic rings. The van der Waals surface area contributed by atoms with Crippen LogP contribution in [-0.4, -0.2) is 22.0 Å². The van der Waals surface area contributed by atoms with Crippen molar-refractivity contribution in [3.8, 4) is 0 Å². The number of carboxylic acid groups (broad SMARTS) is 1. The number of hydrogen-bond donors (Lipinski definition) is 2.